The van der Waals surface area contributed by atoms with Crippen LogP contribution in [0.4, 0.5) is 13.2 Å². The molecule has 1 aromatic carbocycles. The first-order valence-corrected chi connectivity index (χ1v) is 7.12. The number of hydrogen-bond donors (Lipinski definition) is 0. The van der Waals surface area contributed by atoms with E-state index in [2.05, 4.69) is 30.9 Å². The van der Waals surface area contributed by atoms with Crippen molar-refractivity contribution in [3.05, 3.63) is 52.7 Å². The van der Waals surface area contributed by atoms with Crippen molar-refractivity contribution in [2.75, 3.05) is 0 Å². The Kier molecular flexibility index (Phi) is 3.85. The zero-order valence-corrected chi connectivity index (χ0v) is 12.9. The zero-order valence-electron chi connectivity index (χ0n) is 11.3. The normalized spacial score (nSPS) is 11.7. The maximum atomic E-state index is 12.6. The summed E-state index contributed by atoms with van der Waals surface area (Å²) in [5, 5.41) is 0.626. The summed E-state index contributed by atoms with van der Waals surface area (Å²) in [6.07, 6.45) is -0.535. The molecule has 23 heavy (non-hydrogen) atoms. The molecule has 0 unspecified atom stereocenters. The molecule has 0 bridgehead atoms. The molecular formula is C15H7BrF3N3O. The van der Waals surface area contributed by atoms with E-state index in [1.807, 2.05) is 0 Å². The van der Waals surface area contributed by atoms with Crippen molar-refractivity contribution in [1.82, 2.24) is 15.0 Å². The van der Waals surface area contributed by atoms with Gasteiger partial charge < -0.3 is 0 Å². The molecule has 0 saturated carbocycles. The molecule has 0 aliphatic heterocycles. The number of aldehydes is 1. The predicted octanol–water partition coefficient (Wildman–Crippen LogP) is 4.29. The second-order valence-electron chi connectivity index (χ2n) is 4.66. The molecule has 0 aliphatic rings. The standard InChI is InChI=1S/C15H7BrF3N3O/c16-10-1-2-11-12(3-10)20-6-9(7-23)13(11)8-4-21-14(22-5-8)15(17,18)19/h1-7H. The van der Waals surface area contributed by atoms with Gasteiger partial charge in [0.05, 0.1) is 5.52 Å². The Labute approximate surface area is 136 Å². The van der Waals surface area contributed by atoms with E-state index >= 15 is 0 Å². The molecule has 0 aliphatic carbocycles. The minimum Gasteiger partial charge on any atom is -0.298 e. The van der Waals surface area contributed by atoms with Gasteiger partial charge in [0.25, 0.3) is 0 Å². The number of alkyl halides is 3. The van der Waals surface area contributed by atoms with Gasteiger partial charge in [0.2, 0.25) is 5.82 Å². The number of aromatic nitrogens is 3. The number of fused-ring (bicyclic) bond motifs is 1. The molecule has 4 nitrogen and oxygen atoms in total. The van der Waals surface area contributed by atoms with Crippen molar-refractivity contribution in [2.45, 2.75) is 6.18 Å². The van der Waals surface area contributed by atoms with Crippen molar-refractivity contribution < 1.29 is 18.0 Å². The van der Waals surface area contributed by atoms with Gasteiger partial charge in [-0.25, -0.2) is 9.97 Å². The SMILES string of the molecule is O=Cc1cnc2cc(Br)ccc2c1-c1cnc(C(F)(F)F)nc1. The first kappa shape index (κ1) is 15.5. The van der Waals surface area contributed by atoms with E-state index < -0.39 is 12.0 Å². The van der Waals surface area contributed by atoms with Gasteiger partial charge in [0.15, 0.2) is 6.29 Å². The van der Waals surface area contributed by atoms with Crippen LogP contribution in [0.5, 0.6) is 0 Å². The molecule has 0 fully saturated rings. The van der Waals surface area contributed by atoms with E-state index in [4.69, 9.17) is 0 Å². The second-order valence-corrected chi connectivity index (χ2v) is 5.58. The molecule has 3 rings (SSSR count). The Morgan fingerprint density at radius 1 is 1.04 bits per heavy atom. The largest absolute Gasteiger partial charge is 0.451 e. The number of nitrogens with zero attached hydrogens (tertiary/aromatic N) is 3. The molecule has 116 valence electrons. The Morgan fingerprint density at radius 2 is 1.74 bits per heavy atom. The van der Waals surface area contributed by atoms with Crippen molar-refractivity contribution in [3.63, 3.8) is 0 Å². The van der Waals surface area contributed by atoms with Gasteiger partial charge in [-0.15, -0.1) is 0 Å². The van der Waals surface area contributed by atoms with E-state index in [1.54, 1.807) is 18.2 Å². The van der Waals surface area contributed by atoms with Crippen LogP contribution in [-0.4, -0.2) is 21.2 Å². The first-order chi connectivity index (χ1) is 10.9. The van der Waals surface area contributed by atoms with Gasteiger partial charge in [-0.2, -0.15) is 13.2 Å². The van der Waals surface area contributed by atoms with Crippen LogP contribution in [-0.2, 0) is 6.18 Å². The van der Waals surface area contributed by atoms with E-state index in [9.17, 15) is 18.0 Å². The van der Waals surface area contributed by atoms with Crippen molar-refractivity contribution in [1.29, 1.82) is 0 Å². The summed E-state index contributed by atoms with van der Waals surface area (Å²) in [7, 11) is 0. The monoisotopic (exact) mass is 381 g/mol. The highest BCUT2D eigenvalue weighted by atomic mass is 79.9. The van der Waals surface area contributed by atoms with Gasteiger partial charge >= 0.3 is 6.18 Å². The lowest BCUT2D eigenvalue weighted by Crippen LogP contribution is -2.10. The van der Waals surface area contributed by atoms with Gasteiger partial charge in [0.1, 0.15) is 0 Å². The number of pyridine rings is 1. The second kappa shape index (κ2) is 5.69. The fourth-order valence-corrected chi connectivity index (χ4v) is 2.55. The number of rotatable bonds is 2. The van der Waals surface area contributed by atoms with Crippen LogP contribution in [0.1, 0.15) is 16.2 Å². The van der Waals surface area contributed by atoms with Gasteiger partial charge in [0, 0.05) is 45.1 Å². The Hall–Kier alpha value is -2.35. The molecule has 0 atom stereocenters. The molecular weight excluding hydrogens is 375 g/mol. The average molecular weight is 382 g/mol. The minimum atomic E-state index is -4.61. The van der Waals surface area contributed by atoms with Crippen molar-refractivity contribution >= 4 is 33.1 Å². The highest BCUT2D eigenvalue weighted by molar-refractivity contribution is 9.10. The lowest BCUT2D eigenvalue weighted by atomic mass is 9.99. The fraction of sp³-hybridized carbons (Fsp3) is 0.0667. The lowest BCUT2D eigenvalue weighted by Gasteiger charge is -2.10. The molecule has 0 radical (unpaired) electrons. The number of benzene rings is 1. The molecule has 0 N–H and O–H groups in total. The third-order valence-corrected chi connectivity index (χ3v) is 3.67. The Morgan fingerprint density at radius 3 is 2.35 bits per heavy atom. The molecule has 0 amide bonds. The zero-order chi connectivity index (χ0) is 16.6. The van der Waals surface area contributed by atoms with Gasteiger partial charge in [-0.3, -0.25) is 9.78 Å². The van der Waals surface area contributed by atoms with E-state index in [0.29, 0.717) is 28.3 Å². The highest BCUT2D eigenvalue weighted by Gasteiger charge is 2.34. The van der Waals surface area contributed by atoms with Crippen LogP contribution in [0.3, 0.4) is 0 Å². The summed E-state index contributed by atoms with van der Waals surface area (Å²) in [4.78, 5) is 22.1. The van der Waals surface area contributed by atoms with E-state index in [0.717, 1.165) is 16.9 Å². The summed E-state index contributed by atoms with van der Waals surface area (Å²) < 4.78 is 38.5. The molecule has 0 spiro atoms. The van der Waals surface area contributed by atoms with Gasteiger partial charge in [-0.05, 0) is 12.1 Å². The smallest absolute Gasteiger partial charge is 0.298 e. The topological polar surface area (TPSA) is 55.7 Å². The van der Waals surface area contributed by atoms with Gasteiger partial charge in [-0.1, -0.05) is 22.0 Å². The number of carbonyl (C=O) groups excluding carboxylic acids is 1. The summed E-state index contributed by atoms with van der Waals surface area (Å²) in [6, 6.07) is 5.23. The summed E-state index contributed by atoms with van der Waals surface area (Å²) >= 11 is 3.32. The van der Waals surface area contributed by atoms with Crippen LogP contribution in [0.2, 0.25) is 0 Å². The van der Waals surface area contributed by atoms with Crippen LogP contribution in [0, 0.1) is 0 Å². The summed E-state index contributed by atoms with van der Waals surface area (Å²) in [5.41, 5.74) is 1.61. The van der Waals surface area contributed by atoms with E-state index in [-0.39, 0.29) is 5.56 Å². The third kappa shape index (κ3) is 2.94. The average Bonchev–Trinajstić information content (AvgIpc) is 2.53. The maximum Gasteiger partial charge on any atom is 0.451 e. The van der Waals surface area contributed by atoms with Crippen LogP contribution >= 0.6 is 15.9 Å². The molecule has 2 aromatic heterocycles. The summed E-state index contributed by atoms with van der Waals surface area (Å²) in [5.74, 6) is -1.23. The molecule has 8 heteroatoms. The molecule has 0 saturated heterocycles. The summed E-state index contributed by atoms with van der Waals surface area (Å²) in [6.45, 7) is 0. The predicted molar refractivity (Wildman–Crippen MR) is 80.9 cm³/mol. The fourth-order valence-electron chi connectivity index (χ4n) is 2.20. The number of hydrogen-bond acceptors (Lipinski definition) is 4. The molecule has 3 aromatic rings. The Balaban J connectivity index is 2.24. The van der Waals surface area contributed by atoms with E-state index in [1.165, 1.54) is 6.20 Å². The number of carbonyl (C=O) groups is 1. The Bertz CT molecular complexity index is 895. The third-order valence-electron chi connectivity index (χ3n) is 3.18. The maximum absolute atomic E-state index is 12.6. The van der Waals surface area contributed by atoms with Crippen LogP contribution < -0.4 is 0 Å². The molecule has 2 heterocycles. The van der Waals surface area contributed by atoms with Crippen molar-refractivity contribution in [2.24, 2.45) is 0 Å². The van der Waals surface area contributed by atoms with Crippen LogP contribution in [0.15, 0.2) is 41.3 Å². The number of halogens is 4. The highest BCUT2D eigenvalue weighted by Crippen LogP contribution is 2.32. The lowest BCUT2D eigenvalue weighted by molar-refractivity contribution is -0.144. The first-order valence-electron chi connectivity index (χ1n) is 6.33. The van der Waals surface area contributed by atoms with Crippen LogP contribution in [0.25, 0.3) is 22.0 Å². The minimum absolute atomic E-state index is 0.253. The quantitative estimate of drug-likeness (QED) is 0.621. The van der Waals surface area contributed by atoms with Crippen molar-refractivity contribution in [3.8, 4) is 11.1 Å².